The number of methoxy groups -OCH3 is 1. The van der Waals surface area contributed by atoms with Crippen LogP contribution >= 0.6 is 0 Å². The van der Waals surface area contributed by atoms with Crippen LogP contribution in [0.25, 0.3) is 27.7 Å². The molecule has 3 heterocycles. The predicted octanol–water partition coefficient (Wildman–Crippen LogP) is 2.57. The second kappa shape index (κ2) is 8.67. The number of allylic oxidation sites excluding steroid dienone is 1. The first-order valence-electron chi connectivity index (χ1n) is 10.3. The van der Waals surface area contributed by atoms with Gasteiger partial charge in [0.05, 0.1) is 24.4 Å². The zero-order valence-electron chi connectivity index (χ0n) is 18.7. The van der Waals surface area contributed by atoms with Gasteiger partial charge < -0.3 is 9.84 Å². The van der Waals surface area contributed by atoms with Crippen LogP contribution in [-0.2, 0) is 13.2 Å². The van der Waals surface area contributed by atoms with Gasteiger partial charge in [-0.25, -0.2) is 18.6 Å². The molecule has 0 bridgehead atoms. The number of fused-ring (bicyclic) bond motifs is 1. The molecule has 0 spiro atoms. The van der Waals surface area contributed by atoms with Crippen LogP contribution in [0.2, 0.25) is 0 Å². The summed E-state index contributed by atoms with van der Waals surface area (Å²) in [6.45, 7) is 7.02. The number of benzene rings is 1. The van der Waals surface area contributed by atoms with Crippen LogP contribution in [0, 0.1) is 11.6 Å². The van der Waals surface area contributed by atoms with Crippen molar-refractivity contribution in [2.45, 2.75) is 27.0 Å². The Morgan fingerprint density at radius 1 is 1.15 bits per heavy atom. The third-order valence-electron chi connectivity index (χ3n) is 5.45. The van der Waals surface area contributed by atoms with E-state index in [2.05, 4.69) is 16.7 Å². The highest BCUT2D eigenvalue weighted by Crippen LogP contribution is 2.28. The molecule has 1 aromatic carbocycles. The van der Waals surface area contributed by atoms with E-state index in [0.29, 0.717) is 16.5 Å². The van der Waals surface area contributed by atoms with Gasteiger partial charge in [0.1, 0.15) is 18.1 Å². The maximum Gasteiger partial charge on any atom is 0.350 e. The molecule has 11 heteroatoms. The van der Waals surface area contributed by atoms with Crippen LogP contribution in [0.4, 0.5) is 8.78 Å². The summed E-state index contributed by atoms with van der Waals surface area (Å²) in [4.78, 5) is 29.8. The largest absolute Gasteiger partial charge is 0.481 e. The predicted molar refractivity (Wildman–Crippen MR) is 121 cm³/mol. The Bertz CT molecular complexity index is 1570. The van der Waals surface area contributed by atoms with Crippen molar-refractivity contribution in [1.29, 1.82) is 0 Å². The number of aromatic nitrogens is 5. The number of rotatable bonds is 6. The van der Waals surface area contributed by atoms with Gasteiger partial charge in [-0.2, -0.15) is 4.68 Å². The molecule has 34 heavy (non-hydrogen) atoms. The quantitative estimate of drug-likeness (QED) is 0.466. The molecule has 1 N–H and O–H groups in total. The standard InChI is InChI=1S/C23H21F2N5O4/c1-5-28-20(11-31)27-30(23(28)33)19-7-13-14(6-16(19)24)22(32)29(10-15(13)12(2)3)18-8-21(34-4)26-9-17(18)25/h6-10,31H,2,5,11H2,1,3-4H3. The van der Waals surface area contributed by atoms with Gasteiger partial charge in [0.15, 0.2) is 11.6 Å². The fourth-order valence-corrected chi connectivity index (χ4v) is 3.76. The number of ether oxygens (including phenoxy) is 1. The molecule has 0 amide bonds. The number of aliphatic hydroxyl groups is 1. The first-order valence-corrected chi connectivity index (χ1v) is 10.3. The third kappa shape index (κ3) is 3.59. The molecule has 176 valence electrons. The lowest BCUT2D eigenvalue weighted by Crippen LogP contribution is -2.25. The molecule has 0 saturated heterocycles. The molecule has 0 aliphatic heterocycles. The van der Waals surface area contributed by atoms with Crippen molar-refractivity contribution in [2.24, 2.45) is 0 Å². The van der Waals surface area contributed by atoms with E-state index in [1.54, 1.807) is 13.8 Å². The third-order valence-corrected chi connectivity index (χ3v) is 5.45. The lowest BCUT2D eigenvalue weighted by Gasteiger charge is -2.15. The second-order valence-electron chi connectivity index (χ2n) is 7.54. The normalized spacial score (nSPS) is 11.2. The summed E-state index contributed by atoms with van der Waals surface area (Å²) in [6.07, 6.45) is 2.31. The molecule has 3 aromatic heterocycles. The molecular formula is C23H21F2N5O4. The molecule has 0 saturated carbocycles. The number of hydrogen-bond acceptors (Lipinski definition) is 6. The number of halogens is 2. The van der Waals surface area contributed by atoms with Crippen molar-refractivity contribution in [2.75, 3.05) is 7.11 Å². The molecule has 4 aromatic rings. The van der Waals surface area contributed by atoms with Crippen molar-refractivity contribution in [3.8, 4) is 17.3 Å². The van der Waals surface area contributed by atoms with E-state index in [1.165, 1.54) is 30.0 Å². The Morgan fingerprint density at radius 2 is 1.88 bits per heavy atom. The maximum absolute atomic E-state index is 15.2. The van der Waals surface area contributed by atoms with E-state index in [1.807, 2.05) is 0 Å². The number of pyridine rings is 2. The molecule has 0 aliphatic carbocycles. The Hall–Kier alpha value is -4.12. The van der Waals surface area contributed by atoms with Gasteiger partial charge in [-0.3, -0.25) is 13.9 Å². The van der Waals surface area contributed by atoms with Crippen LogP contribution in [0.15, 0.2) is 46.8 Å². The Labute approximate surface area is 191 Å². The first kappa shape index (κ1) is 23.1. The van der Waals surface area contributed by atoms with Gasteiger partial charge >= 0.3 is 5.69 Å². The van der Waals surface area contributed by atoms with Crippen molar-refractivity contribution in [3.63, 3.8) is 0 Å². The minimum atomic E-state index is -0.893. The average molecular weight is 469 g/mol. The smallest absolute Gasteiger partial charge is 0.350 e. The average Bonchev–Trinajstić information content (AvgIpc) is 3.14. The first-order chi connectivity index (χ1) is 16.2. The van der Waals surface area contributed by atoms with Gasteiger partial charge in [-0.05, 0) is 36.9 Å². The van der Waals surface area contributed by atoms with Crippen molar-refractivity contribution in [1.82, 2.24) is 23.9 Å². The van der Waals surface area contributed by atoms with Gasteiger partial charge in [-0.15, -0.1) is 5.10 Å². The maximum atomic E-state index is 15.2. The molecule has 0 unspecified atom stereocenters. The second-order valence-corrected chi connectivity index (χ2v) is 7.54. The fourth-order valence-electron chi connectivity index (χ4n) is 3.76. The van der Waals surface area contributed by atoms with Crippen LogP contribution in [0.1, 0.15) is 25.2 Å². The van der Waals surface area contributed by atoms with E-state index < -0.39 is 29.5 Å². The SMILES string of the molecule is C=C(C)c1cn(-c2cc(OC)ncc2F)c(=O)c2cc(F)c(-n3nc(CO)n(CC)c3=O)cc12. The summed E-state index contributed by atoms with van der Waals surface area (Å²) in [5.74, 6) is -1.51. The number of aliphatic hydroxyl groups excluding tert-OH is 1. The molecule has 9 nitrogen and oxygen atoms in total. The topological polar surface area (TPSA) is 104 Å². The highest BCUT2D eigenvalue weighted by molar-refractivity contribution is 5.94. The molecule has 4 rings (SSSR count). The highest BCUT2D eigenvalue weighted by Gasteiger charge is 2.20. The Morgan fingerprint density at radius 3 is 2.47 bits per heavy atom. The monoisotopic (exact) mass is 469 g/mol. The lowest BCUT2D eigenvalue weighted by molar-refractivity contribution is 0.264. The number of nitrogens with zero attached hydrogens (tertiary/aromatic N) is 5. The number of hydrogen-bond donors (Lipinski definition) is 1. The molecular weight excluding hydrogens is 448 g/mol. The molecule has 0 aliphatic rings. The minimum absolute atomic E-state index is 0.0534. The fraction of sp³-hybridized carbons (Fsp3) is 0.217. The Kier molecular flexibility index (Phi) is 5.88. The summed E-state index contributed by atoms with van der Waals surface area (Å²) in [6, 6.07) is 3.55. The van der Waals surface area contributed by atoms with E-state index >= 15 is 4.39 Å². The zero-order chi connectivity index (χ0) is 24.7. The van der Waals surface area contributed by atoms with Gasteiger partial charge in [0.25, 0.3) is 5.56 Å². The summed E-state index contributed by atoms with van der Waals surface area (Å²) >= 11 is 0. The van der Waals surface area contributed by atoms with Crippen LogP contribution < -0.4 is 16.0 Å². The van der Waals surface area contributed by atoms with Gasteiger partial charge in [0.2, 0.25) is 5.88 Å². The summed E-state index contributed by atoms with van der Waals surface area (Å²) < 4.78 is 37.9. The zero-order valence-corrected chi connectivity index (χ0v) is 18.7. The van der Waals surface area contributed by atoms with E-state index in [-0.39, 0.29) is 35.0 Å². The summed E-state index contributed by atoms with van der Waals surface area (Å²) in [7, 11) is 1.35. The highest BCUT2D eigenvalue weighted by atomic mass is 19.1. The van der Waals surface area contributed by atoms with E-state index in [0.717, 1.165) is 21.5 Å². The van der Waals surface area contributed by atoms with E-state index in [4.69, 9.17) is 4.74 Å². The van der Waals surface area contributed by atoms with Crippen LogP contribution in [0.3, 0.4) is 0 Å². The summed E-state index contributed by atoms with van der Waals surface area (Å²) in [5, 5.41) is 13.8. The Balaban J connectivity index is 2.06. The van der Waals surface area contributed by atoms with Crippen LogP contribution in [-0.4, -0.2) is 36.1 Å². The van der Waals surface area contributed by atoms with Crippen LogP contribution in [0.5, 0.6) is 5.88 Å². The van der Waals surface area contributed by atoms with Gasteiger partial charge in [-0.1, -0.05) is 6.58 Å². The lowest BCUT2D eigenvalue weighted by atomic mass is 10.0. The van der Waals surface area contributed by atoms with E-state index in [9.17, 15) is 19.1 Å². The molecule has 0 radical (unpaired) electrons. The minimum Gasteiger partial charge on any atom is -0.481 e. The molecule has 0 atom stereocenters. The van der Waals surface area contributed by atoms with Crippen molar-refractivity contribution in [3.05, 3.63) is 81.0 Å². The van der Waals surface area contributed by atoms with Crippen molar-refractivity contribution >= 4 is 16.3 Å². The van der Waals surface area contributed by atoms with Gasteiger partial charge in [0, 0.05) is 24.4 Å². The summed E-state index contributed by atoms with van der Waals surface area (Å²) in [5.41, 5.74) is -0.718. The van der Waals surface area contributed by atoms with Crippen molar-refractivity contribution < 1.29 is 18.6 Å². The molecule has 0 fully saturated rings.